The lowest BCUT2D eigenvalue weighted by Gasteiger charge is -2.16. The fourth-order valence-corrected chi connectivity index (χ4v) is 3.55. The average molecular weight is 176 g/mol. The van der Waals surface area contributed by atoms with Crippen molar-refractivity contribution in [3.63, 3.8) is 0 Å². The van der Waals surface area contributed by atoms with E-state index in [0.717, 1.165) is 6.29 Å². The molecule has 0 aromatic rings. The number of carbonyl (C=O) groups excluding carboxylic acids is 1. The molecule has 3 nitrogen and oxygen atoms in total. The van der Waals surface area contributed by atoms with Crippen molar-refractivity contribution < 1.29 is 13.2 Å². The number of rotatable bonds is 2. The molecule has 1 rings (SSSR count). The molecule has 0 spiro atoms. The third-order valence-electron chi connectivity index (χ3n) is 2.37. The first kappa shape index (κ1) is 8.71. The molecule has 1 unspecified atom stereocenters. The second-order valence-electron chi connectivity index (χ2n) is 3.18. The highest BCUT2D eigenvalue weighted by Gasteiger charge is 2.40. The van der Waals surface area contributed by atoms with Gasteiger partial charge >= 0.3 is 0 Å². The van der Waals surface area contributed by atoms with Crippen LogP contribution in [0, 0.1) is 5.41 Å². The van der Waals surface area contributed by atoms with Crippen LogP contribution in [0.2, 0.25) is 0 Å². The van der Waals surface area contributed by atoms with Crippen molar-refractivity contribution in [2.24, 2.45) is 5.41 Å². The molecule has 64 valence electrons. The summed E-state index contributed by atoms with van der Waals surface area (Å²) in [5.41, 5.74) is -0.557. The Kier molecular flexibility index (Phi) is 2.05. The van der Waals surface area contributed by atoms with Crippen molar-refractivity contribution >= 4 is 16.1 Å². The minimum atomic E-state index is -2.91. The van der Waals surface area contributed by atoms with Gasteiger partial charge in [-0.3, -0.25) is 0 Å². The topological polar surface area (TPSA) is 51.2 Å². The van der Waals surface area contributed by atoms with Crippen molar-refractivity contribution in [2.45, 2.75) is 19.8 Å². The zero-order valence-electron chi connectivity index (χ0n) is 6.54. The molecule has 1 aliphatic rings. The molecule has 1 heterocycles. The van der Waals surface area contributed by atoms with Crippen molar-refractivity contribution in [3.05, 3.63) is 0 Å². The van der Waals surface area contributed by atoms with Crippen LogP contribution in [0.5, 0.6) is 0 Å². The molecule has 1 saturated heterocycles. The third-order valence-corrected chi connectivity index (χ3v) is 4.21. The van der Waals surface area contributed by atoms with E-state index in [1.807, 2.05) is 6.92 Å². The fourth-order valence-electron chi connectivity index (χ4n) is 1.40. The maximum atomic E-state index is 11.0. The van der Waals surface area contributed by atoms with E-state index >= 15 is 0 Å². The first-order chi connectivity index (χ1) is 5.04. The average Bonchev–Trinajstić information content (AvgIpc) is 2.28. The van der Waals surface area contributed by atoms with Crippen molar-refractivity contribution in [1.82, 2.24) is 0 Å². The number of sulfone groups is 1. The Morgan fingerprint density at radius 1 is 1.55 bits per heavy atom. The van der Waals surface area contributed by atoms with Crippen LogP contribution in [0.3, 0.4) is 0 Å². The lowest BCUT2D eigenvalue weighted by atomic mass is 9.87. The predicted octanol–water partition coefficient (Wildman–Crippen LogP) is 0.400. The van der Waals surface area contributed by atoms with E-state index in [1.54, 1.807) is 0 Å². The fraction of sp³-hybridized carbons (Fsp3) is 0.857. The largest absolute Gasteiger partial charge is 0.303 e. The first-order valence-corrected chi connectivity index (χ1v) is 5.52. The van der Waals surface area contributed by atoms with Crippen LogP contribution in [-0.4, -0.2) is 26.2 Å². The lowest BCUT2D eigenvalue weighted by molar-refractivity contribution is -0.115. The Morgan fingerprint density at radius 3 is 2.36 bits per heavy atom. The molecule has 0 aromatic heterocycles. The molecule has 0 aliphatic carbocycles. The van der Waals surface area contributed by atoms with Crippen LogP contribution < -0.4 is 0 Å². The molecule has 11 heavy (non-hydrogen) atoms. The van der Waals surface area contributed by atoms with E-state index in [1.165, 1.54) is 0 Å². The van der Waals surface area contributed by atoms with Crippen LogP contribution >= 0.6 is 0 Å². The number of hydrogen-bond donors (Lipinski definition) is 0. The van der Waals surface area contributed by atoms with E-state index in [9.17, 15) is 13.2 Å². The molecule has 0 bridgehead atoms. The molecule has 0 N–H and O–H groups in total. The molecular weight excluding hydrogens is 164 g/mol. The summed E-state index contributed by atoms with van der Waals surface area (Å²) in [5, 5.41) is 0. The van der Waals surface area contributed by atoms with Gasteiger partial charge in [0.25, 0.3) is 0 Å². The van der Waals surface area contributed by atoms with Gasteiger partial charge in [-0.25, -0.2) is 8.42 Å². The van der Waals surface area contributed by atoms with Gasteiger partial charge in [0.05, 0.1) is 11.5 Å². The summed E-state index contributed by atoms with van der Waals surface area (Å²) in [6.45, 7) is 1.86. The second-order valence-corrected chi connectivity index (χ2v) is 5.36. The van der Waals surface area contributed by atoms with Gasteiger partial charge in [-0.1, -0.05) is 6.92 Å². The summed E-state index contributed by atoms with van der Waals surface area (Å²) in [6, 6.07) is 0. The summed E-state index contributed by atoms with van der Waals surface area (Å²) < 4.78 is 22.0. The van der Waals surface area contributed by atoms with E-state index < -0.39 is 15.3 Å². The normalized spacial score (nSPS) is 35.4. The van der Waals surface area contributed by atoms with Crippen molar-refractivity contribution in [2.75, 3.05) is 11.5 Å². The minimum Gasteiger partial charge on any atom is -0.303 e. The second kappa shape index (κ2) is 2.59. The van der Waals surface area contributed by atoms with Crippen LogP contribution in [-0.2, 0) is 14.6 Å². The van der Waals surface area contributed by atoms with E-state index in [0.29, 0.717) is 12.8 Å². The van der Waals surface area contributed by atoms with Crippen LogP contribution in [0.15, 0.2) is 0 Å². The van der Waals surface area contributed by atoms with Gasteiger partial charge in [-0.15, -0.1) is 0 Å². The number of carbonyl (C=O) groups is 1. The van der Waals surface area contributed by atoms with Crippen LogP contribution in [0.4, 0.5) is 0 Å². The minimum absolute atomic E-state index is 0.0556. The Bertz CT molecular complexity index is 255. The molecule has 0 aromatic carbocycles. The zero-order chi connectivity index (χ0) is 8.54. The van der Waals surface area contributed by atoms with Gasteiger partial charge in [-0.2, -0.15) is 0 Å². The maximum Gasteiger partial charge on any atom is 0.151 e. The zero-order valence-corrected chi connectivity index (χ0v) is 7.36. The maximum absolute atomic E-state index is 11.0. The Labute approximate surface area is 66.7 Å². The van der Waals surface area contributed by atoms with E-state index in [2.05, 4.69) is 0 Å². The van der Waals surface area contributed by atoms with Crippen molar-refractivity contribution in [1.29, 1.82) is 0 Å². The highest BCUT2D eigenvalue weighted by molar-refractivity contribution is 7.91. The molecule has 1 aliphatic heterocycles. The number of aldehydes is 1. The molecule has 0 amide bonds. The molecule has 1 atom stereocenters. The van der Waals surface area contributed by atoms with Gasteiger partial charge in [0, 0.05) is 5.41 Å². The smallest absolute Gasteiger partial charge is 0.151 e. The Hall–Kier alpha value is -0.380. The predicted molar refractivity (Wildman–Crippen MR) is 42.1 cm³/mol. The van der Waals surface area contributed by atoms with Crippen molar-refractivity contribution in [3.8, 4) is 0 Å². The summed E-state index contributed by atoms with van der Waals surface area (Å²) in [6.07, 6.45) is 1.95. The van der Waals surface area contributed by atoms with Gasteiger partial charge in [0.15, 0.2) is 9.84 Å². The van der Waals surface area contributed by atoms with Gasteiger partial charge in [0.2, 0.25) is 0 Å². The molecule has 0 radical (unpaired) electrons. The Morgan fingerprint density at radius 2 is 2.18 bits per heavy atom. The van der Waals surface area contributed by atoms with Gasteiger partial charge in [-0.05, 0) is 12.8 Å². The van der Waals surface area contributed by atoms with Crippen LogP contribution in [0.1, 0.15) is 19.8 Å². The standard InChI is InChI=1S/C7H12O3S/c1-2-7(5-8)3-4-11(9,10)6-7/h5H,2-4,6H2,1H3. The molecule has 0 saturated carbocycles. The van der Waals surface area contributed by atoms with Crippen LogP contribution in [0.25, 0.3) is 0 Å². The lowest BCUT2D eigenvalue weighted by Crippen LogP contribution is -2.22. The first-order valence-electron chi connectivity index (χ1n) is 3.70. The summed E-state index contributed by atoms with van der Waals surface area (Å²) in [7, 11) is -2.91. The monoisotopic (exact) mass is 176 g/mol. The highest BCUT2D eigenvalue weighted by atomic mass is 32.2. The van der Waals surface area contributed by atoms with E-state index in [4.69, 9.17) is 0 Å². The molecule has 1 fully saturated rings. The SMILES string of the molecule is CCC1(C=O)CCS(=O)(=O)C1. The quantitative estimate of drug-likeness (QED) is 0.572. The number of hydrogen-bond acceptors (Lipinski definition) is 3. The molecular formula is C7H12O3S. The third kappa shape index (κ3) is 1.61. The highest BCUT2D eigenvalue weighted by Crippen LogP contribution is 2.32. The Balaban J connectivity index is 2.87. The summed E-state index contributed by atoms with van der Waals surface area (Å²) in [4.78, 5) is 10.6. The van der Waals surface area contributed by atoms with E-state index in [-0.39, 0.29) is 11.5 Å². The molecule has 4 heteroatoms. The van der Waals surface area contributed by atoms with Gasteiger partial charge < -0.3 is 4.79 Å². The summed E-state index contributed by atoms with van der Waals surface area (Å²) >= 11 is 0. The van der Waals surface area contributed by atoms with Gasteiger partial charge in [0.1, 0.15) is 6.29 Å². The summed E-state index contributed by atoms with van der Waals surface area (Å²) in [5.74, 6) is 0.236.